The lowest BCUT2D eigenvalue weighted by molar-refractivity contribution is -0.122. The topological polar surface area (TPSA) is 90.5 Å². The minimum atomic E-state index is -1.34. The molecule has 0 bridgehead atoms. The van der Waals surface area contributed by atoms with Crippen molar-refractivity contribution in [1.82, 2.24) is 10.2 Å². The normalized spacial score (nSPS) is 23.0. The molecule has 0 aliphatic carbocycles. The standard InChI is InChI=1S/C32H33Cl2FN4O3/c1-31(2,3)16-24-32(21-14-11-18(33)15-23(21)37-30(32)42)25(20-7-6-8-22(34)26(20)35)27(38-24)28(40)36-19-12-9-17(10-13-19)29(41)39(4)5/h6-15,24-25,27,38H,16H2,1-5H3,(H,36,40)(H,37,42)/t24-,25-,27+,32+/m0/s1. The lowest BCUT2D eigenvalue weighted by Gasteiger charge is -2.37. The molecule has 3 N–H and O–H groups in total. The third-order valence-corrected chi connectivity index (χ3v) is 8.55. The summed E-state index contributed by atoms with van der Waals surface area (Å²) in [6.45, 7) is 6.16. The van der Waals surface area contributed by atoms with Crippen molar-refractivity contribution in [3.8, 4) is 0 Å². The Labute approximate surface area is 254 Å². The van der Waals surface area contributed by atoms with E-state index in [9.17, 15) is 14.4 Å². The van der Waals surface area contributed by atoms with Gasteiger partial charge in [-0.25, -0.2) is 4.39 Å². The lowest BCUT2D eigenvalue weighted by Crippen LogP contribution is -2.49. The minimum absolute atomic E-state index is 0.100. The van der Waals surface area contributed by atoms with Crippen LogP contribution in [0.4, 0.5) is 15.8 Å². The van der Waals surface area contributed by atoms with E-state index in [0.29, 0.717) is 33.9 Å². The number of nitrogens with zero attached hydrogens (tertiary/aromatic N) is 1. The van der Waals surface area contributed by atoms with Crippen LogP contribution in [0.15, 0.2) is 60.7 Å². The Kier molecular flexibility index (Phi) is 7.85. The first kappa shape index (κ1) is 30.0. The fourth-order valence-corrected chi connectivity index (χ4v) is 6.68. The molecule has 3 amide bonds. The summed E-state index contributed by atoms with van der Waals surface area (Å²) in [6, 6.07) is 14.8. The molecule has 0 saturated carbocycles. The molecule has 1 saturated heterocycles. The van der Waals surface area contributed by atoms with Crippen LogP contribution in [0.5, 0.6) is 0 Å². The number of halogens is 3. The van der Waals surface area contributed by atoms with E-state index in [-0.39, 0.29) is 27.8 Å². The van der Waals surface area contributed by atoms with Gasteiger partial charge in [-0.1, -0.05) is 62.2 Å². The predicted octanol–water partition coefficient (Wildman–Crippen LogP) is 6.22. The number of fused-ring (bicyclic) bond motifs is 2. The lowest BCUT2D eigenvalue weighted by atomic mass is 9.62. The number of hydrogen-bond donors (Lipinski definition) is 3. The Hall–Kier alpha value is -3.46. The van der Waals surface area contributed by atoms with Crippen molar-refractivity contribution in [1.29, 1.82) is 0 Å². The first-order valence-corrected chi connectivity index (χ1v) is 14.4. The van der Waals surface area contributed by atoms with Crippen LogP contribution in [0.1, 0.15) is 54.6 Å². The molecule has 42 heavy (non-hydrogen) atoms. The quantitative estimate of drug-likeness (QED) is 0.320. The molecule has 0 radical (unpaired) electrons. The molecular formula is C32H33Cl2FN4O3. The van der Waals surface area contributed by atoms with Crippen LogP contribution < -0.4 is 16.0 Å². The summed E-state index contributed by atoms with van der Waals surface area (Å²) in [5, 5.41) is 9.68. The van der Waals surface area contributed by atoms with E-state index in [1.165, 1.54) is 11.0 Å². The minimum Gasteiger partial charge on any atom is -0.345 e. The van der Waals surface area contributed by atoms with Gasteiger partial charge in [0.1, 0.15) is 11.2 Å². The van der Waals surface area contributed by atoms with Crippen LogP contribution in [-0.2, 0) is 15.0 Å². The summed E-state index contributed by atoms with van der Waals surface area (Å²) >= 11 is 12.6. The summed E-state index contributed by atoms with van der Waals surface area (Å²) in [4.78, 5) is 42.1. The van der Waals surface area contributed by atoms with Gasteiger partial charge in [0.05, 0.1) is 11.1 Å². The molecule has 2 aliphatic rings. The molecule has 5 rings (SSSR count). The summed E-state index contributed by atoms with van der Waals surface area (Å²) in [7, 11) is 3.32. The Balaban J connectivity index is 1.65. The monoisotopic (exact) mass is 610 g/mol. The average molecular weight is 612 g/mol. The first-order chi connectivity index (χ1) is 19.7. The maximum atomic E-state index is 15.9. The van der Waals surface area contributed by atoms with Crippen LogP contribution in [-0.4, -0.2) is 48.8 Å². The molecule has 1 fully saturated rings. The second-order valence-electron chi connectivity index (χ2n) is 12.4. The van der Waals surface area contributed by atoms with Gasteiger partial charge < -0.3 is 20.9 Å². The van der Waals surface area contributed by atoms with E-state index in [0.717, 1.165) is 0 Å². The summed E-state index contributed by atoms with van der Waals surface area (Å²) in [5.74, 6) is -2.59. The molecular weight excluding hydrogens is 578 g/mol. The van der Waals surface area contributed by atoms with Crippen molar-refractivity contribution in [2.75, 3.05) is 24.7 Å². The fraction of sp³-hybridized carbons (Fsp3) is 0.344. The maximum Gasteiger partial charge on any atom is 0.253 e. The van der Waals surface area contributed by atoms with Gasteiger partial charge in [0.2, 0.25) is 11.8 Å². The van der Waals surface area contributed by atoms with Crippen molar-refractivity contribution >= 4 is 52.3 Å². The molecule has 10 heteroatoms. The average Bonchev–Trinajstić information content (AvgIpc) is 3.39. The van der Waals surface area contributed by atoms with Crippen LogP contribution in [0.25, 0.3) is 0 Å². The van der Waals surface area contributed by atoms with Gasteiger partial charge >= 0.3 is 0 Å². The first-order valence-electron chi connectivity index (χ1n) is 13.7. The largest absolute Gasteiger partial charge is 0.345 e. The number of benzene rings is 3. The number of nitrogens with one attached hydrogen (secondary N) is 3. The molecule has 7 nitrogen and oxygen atoms in total. The van der Waals surface area contributed by atoms with Gasteiger partial charge in [-0.15, -0.1) is 0 Å². The van der Waals surface area contributed by atoms with Crippen molar-refractivity contribution < 1.29 is 18.8 Å². The van der Waals surface area contributed by atoms with Crippen molar-refractivity contribution in [2.24, 2.45) is 5.41 Å². The summed E-state index contributed by atoms with van der Waals surface area (Å²) in [5.41, 5.74) is 0.668. The SMILES string of the molecule is CN(C)C(=O)c1ccc(NC(=O)[C@@H]2N[C@@H](CC(C)(C)C)[C@@]3(C(=O)Nc4cc(Cl)ccc43)[C@H]2c2cccc(Cl)c2F)cc1. The highest BCUT2D eigenvalue weighted by molar-refractivity contribution is 6.31. The zero-order valence-corrected chi connectivity index (χ0v) is 25.5. The van der Waals surface area contributed by atoms with E-state index in [1.807, 2.05) is 0 Å². The van der Waals surface area contributed by atoms with Gasteiger partial charge in [-0.05, 0) is 65.4 Å². The van der Waals surface area contributed by atoms with Gasteiger partial charge in [-0.3, -0.25) is 14.4 Å². The molecule has 4 atom stereocenters. The van der Waals surface area contributed by atoms with Crippen molar-refractivity contribution in [2.45, 2.75) is 50.6 Å². The van der Waals surface area contributed by atoms with Gasteiger partial charge in [0.25, 0.3) is 5.91 Å². The van der Waals surface area contributed by atoms with E-state index < -0.39 is 35.1 Å². The molecule has 2 aliphatic heterocycles. The Bertz CT molecular complexity index is 1570. The number of carbonyl (C=O) groups is 3. The maximum absolute atomic E-state index is 15.9. The Morgan fingerprint density at radius 2 is 1.74 bits per heavy atom. The smallest absolute Gasteiger partial charge is 0.253 e. The van der Waals surface area contributed by atoms with E-state index in [4.69, 9.17) is 23.2 Å². The third kappa shape index (κ3) is 5.16. The van der Waals surface area contributed by atoms with Gasteiger partial charge in [0.15, 0.2) is 0 Å². The Morgan fingerprint density at radius 1 is 1.05 bits per heavy atom. The number of anilines is 2. The highest BCUT2D eigenvalue weighted by Crippen LogP contribution is 2.57. The van der Waals surface area contributed by atoms with Gasteiger partial charge in [-0.2, -0.15) is 0 Å². The highest BCUT2D eigenvalue weighted by atomic mass is 35.5. The van der Waals surface area contributed by atoms with Crippen molar-refractivity contribution in [3.05, 3.63) is 93.2 Å². The number of carbonyl (C=O) groups excluding carboxylic acids is 3. The molecule has 220 valence electrons. The Morgan fingerprint density at radius 3 is 2.38 bits per heavy atom. The van der Waals surface area contributed by atoms with Crippen LogP contribution in [0.3, 0.4) is 0 Å². The second kappa shape index (κ2) is 11.0. The predicted molar refractivity (Wildman–Crippen MR) is 164 cm³/mol. The van der Waals surface area contributed by atoms with E-state index in [2.05, 4.69) is 36.7 Å². The number of rotatable bonds is 5. The number of hydrogen-bond acceptors (Lipinski definition) is 4. The van der Waals surface area contributed by atoms with Gasteiger partial charge in [0, 0.05) is 48.0 Å². The number of amides is 3. The molecule has 0 unspecified atom stereocenters. The van der Waals surface area contributed by atoms with E-state index >= 15 is 4.39 Å². The molecule has 2 heterocycles. The van der Waals surface area contributed by atoms with Crippen LogP contribution in [0.2, 0.25) is 10.0 Å². The van der Waals surface area contributed by atoms with Crippen LogP contribution in [0, 0.1) is 11.2 Å². The third-order valence-electron chi connectivity index (χ3n) is 8.03. The zero-order chi connectivity index (χ0) is 30.6. The molecule has 3 aromatic rings. The van der Waals surface area contributed by atoms with Crippen LogP contribution >= 0.6 is 23.2 Å². The summed E-state index contributed by atoms with van der Waals surface area (Å²) in [6.07, 6.45) is 0.506. The summed E-state index contributed by atoms with van der Waals surface area (Å²) < 4.78 is 15.9. The molecule has 3 aromatic carbocycles. The second-order valence-corrected chi connectivity index (χ2v) is 13.2. The molecule has 1 spiro atoms. The fourth-order valence-electron chi connectivity index (χ4n) is 6.33. The van der Waals surface area contributed by atoms with E-state index in [1.54, 1.807) is 68.7 Å². The zero-order valence-electron chi connectivity index (χ0n) is 24.0. The molecule has 0 aromatic heterocycles. The van der Waals surface area contributed by atoms with Crippen molar-refractivity contribution in [3.63, 3.8) is 0 Å². The highest BCUT2D eigenvalue weighted by Gasteiger charge is 2.66.